The van der Waals surface area contributed by atoms with E-state index in [0.29, 0.717) is 24.8 Å². The third kappa shape index (κ3) is 4.99. The van der Waals surface area contributed by atoms with Crippen LogP contribution in [0.4, 0.5) is 4.79 Å². The summed E-state index contributed by atoms with van der Waals surface area (Å²) in [6.07, 6.45) is 5.59. The molecule has 5 rings (SSSR count). The van der Waals surface area contributed by atoms with Crippen molar-refractivity contribution in [2.45, 2.75) is 57.5 Å². The number of carbonyl (C=O) groups is 4. The molecule has 1 atom stereocenters. The van der Waals surface area contributed by atoms with Crippen LogP contribution in [0.1, 0.15) is 55.8 Å². The molecule has 2 N–H and O–H groups in total. The predicted octanol–water partition coefficient (Wildman–Crippen LogP) is 1.21. The van der Waals surface area contributed by atoms with Gasteiger partial charge in [-0.1, -0.05) is 0 Å². The Hall–Kier alpha value is -3.11. The zero-order valence-corrected chi connectivity index (χ0v) is 20.8. The minimum absolute atomic E-state index is 0.0580. The van der Waals surface area contributed by atoms with E-state index >= 15 is 0 Å². The number of carbonyl (C=O) groups excluding carboxylic acids is 4. The van der Waals surface area contributed by atoms with Crippen molar-refractivity contribution in [3.63, 3.8) is 0 Å². The van der Waals surface area contributed by atoms with Gasteiger partial charge in [0.05, 0.1) is 26.3 Å². The van der Waals surface area contributed by atoms with E-state index in [9.17, 15) is 19.2 Å². The molecule has 11 heteroatoms. The van der Waals surface area contributed by atoms with Gasteiger partial charge in [0, 0.05) is 43.9 Å². The van der Waals surface area contributed by atoms with Crippen molar-refractivity contribution in [1.29, 1.82) is 0 Å². The fourth-order valence-electron chi connectivity index (χ4n) is 5.65. The molecule has 4 saturated carbocycles. The Bertz CT molecular complexity index is 984. The number of alkyl carbamates (subject to hydrolysis) is 1. The highest BCUT2D eigenvalue weighted by Gasteiger charge is 2.57. The van der Waals surface area contributed by atoms with Gasteiger partial charge in [0.1, 0.15) is 6.04 Å². The van der Waals surface area contributed by atoms with E-state index in [4.69, 9.17) is 4.74 Å². The summed E-state index contributed by atoms with van der Waals surface area (Å²) in [6, 6.07) is -1.07. The van der Waals surface area contributed by atoms with Crippen LogP contribution in [-0.2, 0) is 30.9 Å². The van der Waals surface area contributed by atoms with Crippen LogP contribution in [0.15, 0.2) is 6.20 Å². The summed E-state index contributed by atoms with van der Waals surface area (Å²) in [4.78, 5) is 52.2. The molecule has 1 heterocycles. The van der Waals surface area contributed by atoms with E-state index in [0.717, 1.165) is 30.9 Å². The van der Waals surface area contributed by atoms with Crippen molar-refractivity contribution in [2.75, 3.05) is 27.3 Å². The molecule has 0 spiro atoms. The van der Waals surface area contributed by atoms with Gasteiger partial charge in [-0.25, -0.2) is 4.79 Å². The first-order valence-electron chi connectivity index (χ1n) is 12.1. The number of methoxy groups -OCH3 is 2. The smallest absolute Gasteiger partial charge is 0.406 e. The summed E-state index contributed by atoms with van der Waals surface area (Å²) >= 11 is 0. The number of ether oxygens (including phenoxy) is 2. The Morgan fingerprint density at radius 2 is 1.89 bits per heavy atom. The lowest BCUT2D eigenvalue weighted by Crippen LogP contribution is -2.56. The zero-order valence-electron chi connectivity index (χ0n) is 20.8. The van der Waals surface area contributed by atoms with Gasteiger partial charge in [0.15, 0.2) is 0 Å². The SMILES string of the molecule is COC(=O)NCCN(C(=O)CC12CC(C1)C2)C(C(=O)NC1CC(C(=O)OC)C1)c1cnn(C)c1C. The molecule has 11 nitrogen and oxygen atoms in total. The van der Waals surface area contributed by atoms with Gasteiger partial charge in [-0.2, -0.15) is 5.10 Å². The molecule has 4 fully saturated rings. The Kier molecular flexibility index (Phi) is 7.05. The number of rotatable bonds is 10. The first-order valence-corrected chi connectivity index (χ1v) is 12.1. The molecular formula is C24H35N5O6. The average Bonchev–Trinajstić information content (AvgIpc) is 3.08. The van der Waals surface area contributed by atoms with E-state index in [1.54, 1.807) is 22.8 Å². The number of aromatic nitrogens is 2. The van der Waals surface area contributed by atoms with Gasteiger partial charge in [0.2, 0.25) is 11.8 Å². The number of nitrogens with one attached hydrogen (secondary N) is 2. The molecule has 192 valence electrons. The molecule has 1 unspecified atom stereocenters. The van der Waals surface area contributed by atoms with E-state index in [-0.39, 0.29) is 48.2 Å². The molecule has 4 aliphatic rings. The van der Waals surface area contributed by atoms with E-state index in [1.807, 2.05) is 6.92 Å². The number of amides is 3. The highest BCUT2D eigenvalue weighted by molar-refractivity contribution is 5.89. The quantitative estimate of drug-likeness (QED) is 0.472. The van der Waals surface area contributed by atoms with Crippen molar-refractivity contribution < 1.29 is 28.7 Å². The Morgan fingerprint density at radius 3 is 2.40 bits per heavy atom. The van der Waals surface area contributed by atoms with Crippen LogP contribution in [0, 0.1) is 24.2 Å². The Morgan fingerprint density at radius 1 is 1.20 bits per heavy atom. The second kappa shape index (κ2) is 9.87. The molecular weight excluding hydrogens is 454 g/mol. The normalized spacial score (nSPS) is 26.8. The molecule has 1 aromatic rings. The van der Waals surface area contributed by atoms with Crippen LogP contribution in [0.3, 0.4) is 0 Å². The second-order valence-corrected chi connectivity index (χ2v) is 10.3. The fraction of sp³-hybridized carbons (Fsp3) is 0.708. The molecule has 0 saturated heterocycles. The molecule has 0 aromatic carbocycles. The third-order valence-corrected chi connectivity index (χ3v) is 7.97. The standard InChI is InChI=1S/C24H35N5O6/c1-14-18(13-26-28(14)2)20(21(31)27-17-7-16(8-17)22(32)34-3)29(6-5-25-23(33)35-4)19(30)12-24-9-15(10-24)11-24/h13,15-17,20H,5-12H2,1-4H3,(H,25,33)(H,27,31). The highest BCUT2D eigenvalue weighted by atomic mass is 16.5. The summed E-state index contributed by atoms with van der Waals surface area (Å²) < 4.78 is 11.1. The van der Waals surface area contributed by atoms with Gasteiger partial charge >= 0.3 is 12.1 Å². The number of hydrogen-bond acceptors (Lipinski definition) is 7. The lowest BCUT2D eigenvalue weighted by atomic mass is 9.43. The van der Waals surface area contributed by atoms with Crippen LogP contribution in [-0.4, -0.2) is 71.9 Å². The molecule has 0 aliphatic heterocycles. The maximum atomic E-state index is 13.6. The summed E-state index contributed by atoms with van der Waals surface area (Å²) in [5, 5.41) is 9.93. The van der Waals surface area contributed by atoms with Gasteiger partial charge in [-0.15, -0.1) is 0 Å². The summed E-state index contributed by atoms with van der Waals surface area (Å²) in [6.45, 7) is 2.15. The van der Waals surface area contributed by atoms with Crippen molar-refractivity contribution >= 4 is 23.9 Å². The summed E-state index contributed by atoms with van der Waals surface area (Å²) in [5.74, 6) is -0.203. The van der Waals surface area contributed by atoms with E-state index < -0.39 is 12.1 Å². The molecule has 2 bridgehead atoms. The van der Waals surface area contributed by atoms with Crippen LogP contribution in [0.2, 0.25) is 0 Å². The minimum atomic E-state index is -0.903. The second-order valence-electron chi connectivity index (χ2n) is 10.3. The van der Waals surface area contributed by atoms with Crippen molar-refractivity contribution in [3.8, 4) is 0 Å². The Balaban J connectivity index is 1.54. The maximum Gasteiger partial charge on any atom is 0.406 e. The number of nitrogens with zero attached hydrogens (tertiary/aromatic N) is 3. The van der Waals surface area contributed by atoms with Gasteiger partial charge in [0.25, 0.3) is 0 Å². The van der Waals surface area contributed by atoms with E-state index in [1.165, 1.54) is 14.2 Å². The fourth-order valence-corrected chi connectivity index (χ4v) is 5.65. The van der Waals surface area contributed by atoms with Crippen LogP contribution < -0.4 is 10.6 Å². The molecule has 1 aromatic heterocycles. The molecule has 3 amide bonds. The Labute approximate surface area is 204 Å². The van der Waals surface area contributed by atoms with Gasteiger partial charge in [-0.05, 0) is 50.4 Å². The van der Waals surface area contributed by atoms with Gasteiger partial charge < -0.3 is 25.0 Å². The summed E-state index contributed by atoms with van der Waals surface area (Å²) in [7, 11) is 4.41. The van der Waals surface area contributed by atoms with Crippen LogP contribution >= 0.6 is 0 Å². The zero-order chi connectivity index (χ0) is 25.3. The lowest BCUT2D eigenvalue weighted by Gasteiger charge is -2.62. The van der Waals surface area contributed by atoms with Crippen LogP contribution in [0.25, 0.3) is 0 Å². The van der Waals surface area contributed by atoms with Crippen molar-refractivity contribution in [2.24, 2.45) is 24.3 Å². The first-order chi connectivity index (χ1) is 16.7. The minimum Gasteiger partial charge on any atom is -0.469 e. The first kappa shape index (κ1) is 25.0. The number of hydrogen-bond donors (Lipinski definition) is 2. The van der Waals surface area contributed by atoms with Crippen LogP contribution in [0.5, 0.6) is 0 Å². The third-order valence-electron chi connectivity index (χ3n) is 7.97. The summed E-state index contributed by atoms with van der Waals surface area (Å²) in [5.41, 5.74) is 1.47. The number of esters is 1. The van der Waals surface area contributed by atoms with Gasteiger partial charge in [-0.3, -0.25) is 19.1 Å². The molecule has 0 radical (unpaired) electrons. The lowest BCUT2D eigenvalue weighted by molar-refractivity contribution is -0.158. The monoisotopic (exact) mass is 489 g/mol. The van der Waals surface area contributed by atoms with Crippen molar-refractivity contribution in [1.82, 2.24) is 25.3 Å². The maximum absolute atomic E-state index is 13.6. The molecule has 4 aliphatic carbocycles. The highest BCUT2D eigenvalue weighted by Crippen LogP contribution is 2.66. The topological polar surface area (TPSA) is 132 Å². The van der Waals surface area contributed by atoms with E-state index in [2.05, 4.69) is 20.5 Å². The molecule has 35 heavy (non-hydrogen) atoms. The predicted molar refractivity (Wildman–Crippen MR) is 124 cm³/mol. The van der Waals surface area contributed by atoms with Crippen molar-refractivity contribution in [3.05, 3.63) is 17.5 Å². The average molecular weight is 490 g/mol. The number of aryl methyl sites for hydroxylation is 1. The largest absolute Gasteiger partial charge is 0.469 e.